The maximum absolute atomic E-state index is 11.8. The van der Waals surface area contributed by atoms with Gasteiger partial charge in [0.1, 0.15) is 0 Å². The molecule has 106 valence electrons. The molecule has 3 heteroatoms. The molecule has 3 N–H and O–H groups in total. The summed E-state index contributed by atoms with van der Waals surface area (Å²) in [5, 5.41) is 3.04. The van der Waals surface area contributed by atoms with Gasteiger partial charge in [0.2, 0.25) is 5.91 Å². The highest BCUT2D eigenvalue weighted by atomic mass is 16.1. The Balaban J connectivity index is 2.75. The Morgan fingerprint density at radius 1 is 1.26 bits per heavy atom. The molecule has 0 aliphatic carbocycles. The van der Waals surface area contributed by atoms with E-state index in [2.05, 4.69) is 43.4 Å². The number of benzene rings is 1. The normalized spacial score (nSPS) is 13.1. The van der Waals surface area contributed by atoms with Crippen molar-refractivity contribution in [2.45, 2.75) is 51.5 Å². The van der Waals surface area contributed by atoms with Crippen LogP contribution >= 0.6 is 0 Å². The molecule has 0 aromatic heterocycles. The number of amides is 1. The van der Waals surface area contributed by atoms with Crippen molar-refractivity contribution >= 4 is 5.91 Å². The molecular formula is C16H26N2O. The lowest BCUT2D eigenvalue weighted by molar-refractivity contribution is -0.121. The number of hydrogen-bond donors (Lipinski definition) is 2. The van der Waals surface area contributed by atoms with Crippen LogP contribution in [0.3, 0.4) is 0 Å². The minimum atomic E-state index is -0.0885. The van der Waals surface area contributed by atoms with Gasteiger partial charge in [-0.3, -0.25) is 4.79 Å². The fourth-order valence-corrected chi connectivity index (χ4v) is 2.43. The molecule has 1 rings (SSSR count). The summed E-state index contributed by atoms with van der Waals surface area (Å²) < 4.78 is 0. The van der Waals surface area contributed by atoms with Crippen molar-refractivity contribution < 1.29 is 4.79 Å². The highest BCUT2D eigenvalue weighted by Crippen LogP contribution is 2.30. The largest absolute Gasteiger partial charge is 0.355 e. The van der Waals surface area contributed by atoms with E-state index >= 15 is 0 Å². The van der Waals surface area contributed by atoms with Crippen molar-refractivity contribution in [2.75, 3.05) is 6.54 Å². The van der Waals surface area contributed by atoms with Gasteiger partial charge >= 0.3 is 0 Å². The van der Waals surface area contributed by atoms with Gasteiger partial charge in [-0.1, -0.05) is 44.2 Å². The molecule has 19 heavy (non-hydrogen) atoms. The maximum Gasteiger partial charge on any atom is 0.221 e. The van der Waals surface area contributed by atoms with E-state index in [-0.39, 0.29) is 17.4 Å². The fraction of sp³-hybridized carbons (Fsp3) is 0.562. The summed E-state index contributed by atoms with van der Waals surface area (Å²) in [5.41, 5.74) is 6.96. The Labute approximate surface area is 116 Å². The molecular weight excluding hydrogens is 236 g/mol. The number of nitrogens with two attached hydrogens (primary N) is 1. The first-order valence-electron chi connectivity index (χ1n) is 7.12. The van der Waals surface area contributed by atoms with Gasteiger partial charge in [-0.15, -0.1) is 0 Å². The molecule has 0 saturated heterocycles. The number of rotatable bonds is 7. The molecule has 0 aliphatic rings. The predicted molar refractivity (Wildman–Crippen MR) is 80.0 cm³/mol. The van der Waals surface area contributed by atoms with Crippen LogP contribution in [0.4, 0.5) is 0 Å². The van der Waals surface area contributed by atoms with Gasteiger partial charge in [0.25, 0.3) is 0 Å². The van der Waals surface area contributed by atoms with E-state index in [0.29, 0.717) is 13.0 Å². The molecule has 0 bridgehead atoms. The minimum Gasteiger partial charge on any atom is -0.355 e. The van der Waals surface area contributed by atoms with Gasteiger partial charge in [0, 0.05) is 24.4 Å². The van der Waals surface area contributed by atoms with Gasteiger partial charge in [-0.2, -0.15) is 0 Å². The lowest BCUT2D eigenvalue weighted by atomic mass is 9.76. The zero-order chi connectivity index (χ0) is 14.3. The summed E-state index contributed by atoms with van der Waals surface area (Å²) in [5.74, 6) is 0.0391. The zero-order valence-electron chi connectivity index (χ0n) is 12.3. The lowest BCUT2D eigenvalue weighted by Crippen LogP contribution is -2.41. The number of carbonyl (C=O) groups is 1. The first-order valence-corrected chi connectivity index (χ1v) is 7.12. The first-order chi connectivity index (χ1) is 9.04. The Hall–Kier alpha value is -1.35. The van der Waals surface area contributed by atoms with E-state index in [4.69, 9.17) is 5.73 Å². The third-order valence-electron chi connectivity index (χ3n) is 3.87. The summed E-state index contributed by atoms with van der Waals surface area (Å²) in [7, 11) is 0. The second kappa shape index (κ2) is 7.29. The summed E-state index contributed by atoms with van der Waals surface area (Å²) >= 11 is 0. The van der Waals surface area contributed by atoms with Crippen molar-refractivity contribution in [3.05, 3.63) is 35.9 Å². The summed E-state index contributed by atoms with van der Waals surface area (Å²) in [6.07, 6.45) is 2.40. The van der Waals surface area contributed by atoms with Crippen molar-refractivity contribution in [3.63, 3.8) is 0 Å². The first kappa shape index (κ1) is 15.7. The van der Waals surface area contributed by atoms with Crippen LogP contribution in [0.25, 0.3) is 0 Å². The van der Waals surface area contributed by atoms with E-state index in [0.717, 1.165) is 12.8 Å². The lowest BCUT2D eigenvalue weighted by Gasteiger charge is -2.32. The number of hydrogen-bond acceptors (Lipinski definition) is 2. The monoisotopic (exact) mass is 262 g/mol. The second-order valence-electron chi connectivity index (χ2n) is 5.31. The van der Waals surface area contributed by atoms with Crippen LogP contribution in [0.5, 0.6) is 0 Å². The van der Waals surface area contributed by atoms with Crippen LogP contribution in [0.1, 0.15) is 45.6 Å². The maximum atomic E-state index is 11.8. The average molecular weight is 262 g/mol. The van der Waals surface area contributed by atoms with Crippen LogP contribution in [-0.2, 0) is 10.2 Å². The van der Waals surface area contributed by atoms with Crippen molar-refractivity contribution in [2.24, 2.45) is 5.73 Å². The van der Waals surface area contributed by atoms with Gasteiger partial charge < -0.3 is 11.1 Å². The topological polar surface area (TPSA) is 55.1 Å². The zero-order valence-corrected chi connectivity index (χ0v) is 12.3. The highest BCUT2D eigenvalue weighted by Gasteiger charge is 2.28. The van der Waals surface area contributed by atoms with Crippen LogP contribution in [-0.4, -0.2) is 18.5 Å². The molecule has 1 atom stereocenters. The van der Waals surface area contributed by atoms with E-state index in [1.165, 1.54) is 5.56 Å². The van der Waals surface area contributed by atoms with E-state index in [1.807, 2.05) is 13.0 Å². The second-order valence-corrected chi connectivity index (χ2v) is 5.31. The van der Waals surface area contributed by atoms with E-state index in [1.54, 1.807) is 0 Å². The minimum absolute atomic E-state index is 0.0226. The highest BCUT2D eigenvalue weighted by molar-refractivity contribution is 5.76. The SMILES string of the molecule is CCC(CC)(CNC(=O)CC(C)N)c1ccccc1. The van der Waals surface area contributed by atoms with Gasteiger partial charge in [-0.25, -0.2) is 0 Å². The molecule has 3 nitrogen and oxygen atoms in total. The Kier molecular flexibility index (Phi) is 6.03. The van der Waals surface area contributed by atoms with E-state index in [9.17, 15) is 4.79 Å². The number of carbonyl (C=O) groups excluding carboxylic acids is 1. The Bertz CT molecular complexity index is 383. The van der Waals surface area contributed by atoms with Crippen molar-refractivity contribution in [3.8, 4) is 0 Å². The van der Waals surface area contributed by atoms with Crippen LogP contribution < -0.4 is 11.1 Å². The molecule has 1 aromatic carbocycles. The molecule has 0 aliphatic heterocycles. The number of nitrogens with one attached hydrogen (secondary N) is 1. The summed E-state index contributed by atoms with van der Waals surface area (Å²) in [4.78, 5) is 11.8. The van der Waals surface area contributed by atoms with Crippen LogP contribution in [0.2, 0.25) is 0 Å². The molecule has 1 unspecified atom stereocenters. The molecule has 1 amide bonds. The molecule has 0 fully saturated rings. The molecule has 0 spiro atoms. The smallest absolute Gasteiger partial charge is 0.221 e. The third-order valence-corrected chi connectivity index (χ3v) is 3.87. The third kappa shape index (κ3) is 4.35. The quantitative estimate of drug-likeness (QED) is 0.793. The Morgan fingerprint density at radius 2 is 1.84 bits per heavy atom. The van der Waals surface area contributed by atoms with Gasteiger partial charge in [0.05, 0.1) is 0 Å². The molecule has 0 heterocycles. The predicted octanol–water partition coefficient (Wildman–Crippen LogP) is 2.60. The fourth-order valence-electron chi connectivity index (χ4n) is 2.43. The van der Waals surface area contributed by atoms with Gasteiger partial charge in [0.15, 0.2) is 0 Å². The summed E-state index contributed by atoms with van der Waals surface area (Å²) in [6, 6.07) is 10.3. The van der Waals surface area contributed by atoms with Crippen molar-refractivity contribution in [1.82, 2.24) is 5.32 Å². The standard InChI is InChI=1S/C16H26N2O/c1-4-16(5-2,14-9-7-6-8-10-14)12-18-15(19)11-13(3)17/h6-10,13H,4-5,11-12,17H2,1-3H3,(H,18,19). The summed E-state index contributed by atoms with van der Waals surface area (Å²) in [6.45, 7) is 6.88. The van der Waals surface area contributed by atoms with E-state index < -0.39 is 0 Å². The average Bonchev–Trinajstić information content (AvgIpc) is 2.41. The van der Waals surface area contributed by atoms with Crippen molar-refractivity contribution in [1.29, 1.82) is 0 Å². The molecule has 0 saturated carbocycles. The van der Waals surface area contributed by atoms with Crippen LogP contribution in [0.15, 0.2) is 30.3 Å². The Morgan fingerprint density at radius 3 is 2.32 bits per heavy atom. The van der Waals surface area contributed by atoms with Crippen LogP contribution in [0, 0.1) is 0 Å². The van der Waals surface area contributed by atoms with Gasteiger partial charge in [-0.05, 0) is 25.3 Å². The molecule has 0 radical (unpaired) electrons. The molecule has 1 aromatic rings.